The Morgan fingerprint density at radius 3 is 2.73 bits per heavy atom. The first-order valence-electron chi connectivity index (χ1n) is 10.6. The highest BCUT2D eigenvalue weighted by Gasteiger charge is 2.42. The maximum atomic E-state index is 10.6. The van der Waals surface area contributed by atoms with E-state index >= 15 is 0 Å². The quantitative estimate of drug-likeness (QED) is 0.645. The highest BCUT2D eigenvalue weighted by atomic mass is 35.5. The van der Waals surface area contributed by atoms with Crippen molar-refractivity contribution in [2.24, 2.45) is 0 Å². The predicted molar refractivity (Wildman–Crippen MR) is 120 cm³/mol. The predicted octanol–water partition coefficient (Wildman–Crippen LogP) is 4.70. The second-order valence-corrected chi connectivity index (χ2v) is 8.89. The third-order valence-corrected chi connectivity index (χ3v) is 6.51. The van der Waals surface area contributed by atoms with Crippen molar-refractivity contribution in [1.82, 2.24) is 4.90 Å². The molecule has 30 heavy (non-hydrogen) atoms. The van der Waals surface area contributed by atoms with E-state index in [9.17, 15) is 5.11 Å². The number of halogens is 1. The number of hydrogen-bond acceptors (Lipinski definition) is 4. The minimum absolute atomic E-state index is 0.117. The summed E-state index contributed by atoms with van der Waals surface area (Å²) < 4.78 is 12.3. The minimum atomic E-state index is -0.529. The summed E-state index contributed by atoms with van der Waals surface area (Å²) in [5, 5.41) is 13.5. The molecule has 1 unspecified atom stereocenters. The van der Waals surface area contributed by atoms with Gasteiger partial charge >= 0.3 is 0 Å². The van der Waals surface area contributed by atoms with Gasteiger partial charge in [0.05, 0.1) is 0 Å². The third kappa shape index (κ3) is 4.00. The van der Waals surface area contributed by atoms with Crippen LogP contribution in [-0.4, -0.2) is 48.0 Å². The molecule has 156 valence electrons. The van der Waals surface area contributed by atoms with Crippen molar-refractivity contribution in [3.63, 3.8) is 0 Å². The number of ether oxygens (including phenoxy) is 2. The average molecular weight is 424 g/mol. The molecule has 2 aliphatic rings. The Morgan fingerprint density at radius 1 is 1.07 bits per heavy atom. The van der Waals surface area contributed by atoms with Gasteiger partial charge in [-0.1, -0.05) is 48.0 Å². The summed E-state index contributed by atoms with van der Waals surface area (Å²) in [5.41, 5.74) is 1.09. The van der Waals surface area contributed by atoms with Crippen molar-refractivity contribution < 1.29 is 14.6 Å². The first kappa shape index (κ1) is 19.7. The summed E-state index contributed by atoms with van der Waals surface area (Å²) >= 11 is 6.13. The fourth-order valence-electron chi connectivity index (χ4n) is 4.68. The zero-order valence-corrected chi connectivity index (χ0v) is 17.6. The molecule has 2 aliphatic heterocycles. The molecule has 1 saturated heterocycles. The second-order valence-electron chi connectivity index (χ2n) is 8.46. The van der Waals surface area contributed by atoms with Crippen molar-refractivity contribution in [3.8, 4) is 11.5 Å². The van der Waals surface area contributed by atoms with Crippen LogP contribution in [0.5, 0.6) is 11.5 Å². The minimum Gasteiger partial charge on any atom is -0.490 e. The Kier molecular flexibility index (Phi) is 5.32. The average Bonchev–Trinajstić information content (AvgIpc) is 3.11. The number of aliphatic hydroxyl groups is 1. The second kappa shape index (κ2) is 8.10. The standard InChI is InChI=1S/C25H26ClNO3/c26-20-8-9-23-19(14-20)15-25(30-23)10-12-27(13-11-25)16-21(28)17-29-24-7-3-5-18-4-1-2-6-22(18)24/h1-9,14,21,28H,10-13,15-17H2. The van der Waals surface area contributed by atoms with E-state index in [0.717, 1.165) is 59.6 Å². The number of hydrogen-bond donors (Lipinski definition) is 1. The van der Waals surface area contributed by atoms with Gasteiger partial charge < -0.3 is 19.5 Å². The molecule has 5 rings (SSSR count). The molecule has 4 nitrogen and oxygen atoms in total. The van der Waals surface area contributed by atoms with Crippen molar-refractivity contribution in [2.75, 3.05) is 26.2 Å². The number of likely N-dealkylation sites (tertiary alicyclic amines) is 1. The Bertz CT molecular complexity index is 1040. The topological polar surface area (TPSA) is 41.9 Å². The third-order valence-electron chi connectivity index (χ3n) is 6.28. The van der Waals surface area contributed by atoms with E-state index in [-0.39, 0.29) is 12.2 Å². The monoisotopic (exact) mass is 423 g/mol. The molecule has 0 radical (unpaired) electrons. The molecule has 0 aliphatic carbocycles. The molecule has 1 fully saturated rings. The number of benzene rings is 3. The van der Waals surface area contributed by atoms with Gasteiger partial charge in [-0.05, 0) is 35.2 Å². The van der Waals surface area contributed by atoms with Gasteiger partial charge in [-0.2, -0.15) is 0 Å². The molecule has 0 amide bonds. The van der Waals surface area contributed by atoms with E-state index < -0.39 is 6.10 Å². The summed E-state index contributed by atoms with van der Waals surface area (Å²) in [6.45, 7) is 2.72. The molecule has 0 aromatic heterocycles. The Hall–Kier alpha value is -2.27. The molecular formula is C25H26ClNO3. The molecule has 3 aromatic carbocycles. The smallest absolute Gasteiger partial charge is 0.127 e. The zero-order valence-electron chi connectivity index (χ0n) is 16.9. The number of rotatable bonds is 5. The molecule has 0 saturated carbocycles. The summed E-state index contributed by atoms with van der Waals surface area (Å²) in [5.74, 6) is 1.79. The highest BCUT2D eigenvalue weighted by Crippen LogP contribution is 2.41. The molecule has 1 spiro atoms. The lowest BCUT2D eigenvalue weighted by Gasteiger charge is -2.39. The van der Waals surface area contributed by atoms with Crippen LogP contribution in [0.2, 0.25) is 5.02 Å². The fourth-order valence-corrected chi connectivity index (χ4v) is 4.88. The van der Waals surface area contributed by atoms with Crippen LogP contribution in [-0.2, 0) is 6.42 Å². The van der Waals surface area contributed by atoms with Gasteiger partial charge in [0.15, 0.2) is 0 Å². The normalized spacial score (nSPS) is 18.9. The SMILES string of the molecule is OC(COc1cccc2ccccc12)CN1CCC2(CC1)Cc1cc(Cl)ccc1O2. The number of fused-ring (bicyclic) bond motifs is 2. The maximum Gasteiger partial charge on any atom is 0.127 e. The first-order chi connectivity index (χ1) is 14.6. The maximum absolute atomic E-state index is 10.6. The van der Waals surface area contributed by atoms with Gasteiger partial charge in [-0.3, -0.25) is 0 Å². The lowest BCUT2D eigenvalue weighted by atomic mass is 9.87. The zero-order chi connectivity index (χ0) is 20.6. The van der Waals surface area contributed by atoms with Gasteiger partial charge in [-0.15, -0.1) is 0 Å². The van der Waals surface area contributed by atoms with E-state index in [1.165, 1.54) is 5.56 Å². The summed E-state index contributed by atoms with van der Waals surface area (Å²) in [4.78, 5) is 2.31. The number of aliphatic hydroxyl groups excluding tert-OH is 1. The lowest BCUT2D eigenvalue weighted by Crippen LogP contribution is -2.49. The van der Waals surface area contributed by atoms with E-state index in [0.29, 0.717) is 6.54 Å². The van der Waals surface area contributed by atoms with Crippen molar-refractivity contribution in [2.45, 2.75) is 31.0 Å². The van der Waals surface area contributed by atoms with Crippen LogP contribution in [0, 0.1) is 0 Å². The van der Waals surface area contributed by atoms with Crippen molar-refractivity contribution >= 4 is 22.4 Å². The van der Waals surface area contributed by atoms with Crippen LogP contribution in [0.25, 0.3) is 10.8 Å². The molecule has 5 heteroatoms. The molecular weight excluding hydrogens is 398 g/mol. The fraction of sp³-hybridized carbons (Fsp3) is 0.360. The number of β-amino-alcohol motifs (C(OH)–C–C–N with tert-alkyl or cyclic N) is 1. The van der Waals surface area contributed by atoms with Crippen LogP contribution in [0.4, 0.5) is 0 Å². The summed E-state index contributed by atoms with van der Waals surface area (Å²) in [6.07, 6.45) is 2.30. The molecule has 1 N–H and O–H groups in total. The number of nitrogens with zero attached hydrogens (tertiary/aromatic N) is 1. The van der Waals surface area contributed by atoms with Crippen LogP contribution in [0.1, 0.15) is 18.4 Å². The highest BCUT2D eigenvalue weighted by molar-refractivity contribution is 6.30. The molecule has 2 heterocycles. The van der Waals surface area contributed by atoms with Crippen molar-refractivity contribution in [1.29, 1.82) is 0 Å². The van der Waals surface area contributed by atoms with Gasteiger partial charge in [0.2, 0.25) is 0 Å². The van der Waals surface area contributed by atoms with Gasteiger partial charge in [-0.25, -0.2) is 0 Å². The van der Waals surface area contributed by atoms with Gasteiger partial charge in [0.1, 0.15) is 29.8 Å². The van der Waals surface area contributed by atoms with E-state index in [1.54, 1.807) is 0 Å². The van der Waals surface area contributed by atoms with Gasteiger partial charge in [0.25, 0.3) is 0 Å². The Labute approximate surface area is 182 Å². The molecule has 3 aromatic rings. The molecule has 0 bridgehead atoms. The van der Waals surface area contributed by atoms with E-state index in [4.69, 9.17) is 21.1 Å². The van der Waals surface area contributed by atoms with Crippen molar-refractivity contribution in [3.05, 3.63) is 71.2 Å². The van der Waals surface area contributed by atoms with Crippen LogP contribution >= 0.6 is 11.6 Å². The number of piperidine rings is 1. The van der Waals surface area contributed by atoms with Crippen LogP contribution in [0.3, 0.4) is 0 Å². The van der Waals surface area contributed by atoms with Crippen LogP contribution in [0.15, 0.2) is 60.7 Å². The Morgan fingerprint density at radius 2 is 1.87 bits per heavy atom. The van der Waals surface area contributed by atoms with E-state index in [1.807, 2.05) is 48.5 Å². The lowest BCUT2D eigenvalue weighted by molar-refractivity contribution is -0.00186. The summed E-state index contributed by atoms with van der Waals surface area (Å²) in [7, 11) is 0. The van der Waals surface area contributed by atoms with E-state index in [2.05, 4.69) is 17.0 Å². The van der Waals surface area contributed by atoms with Crippen LogP contribution < -0.4 is 9.47 Å². The largest absolute Gasteiger partial charge is 0.490 e. The van der Waals surface area contributed by atoms with Gasteiger partial charge in [0, 0.05) is 49.3 Å². The Balaban J connectivity index is 1.13. The summed E-state index contributed by atoms with van der Waals surface area (Å²) in [6, 6.07) is 20.0. The molecule has 1 atom stereocenters. The first-order valence-corrected chi connectivity index (χ1v) is 11.0.